The molecule has 0 bridgehead atoms. The first kappa shape index (κ1) is 20.6. The van der Waals surface area contributed by atoms with Crippen LogP contribution in [0.4, 0.5) is 5.95 Å². The van der Waals surface area contributed by atoms with E-state index in [-0.39, 0.29) is 0 Å². The molecule has 5 heteroatoms. The Kier molecular flexibility index (Phi) is 5.08. The van der Waals surface area contributed by atoms with Crippen molar-refractivity contribution in [1.82, 2.24) is 9.55 Å². The fourth-order valence-corrected chi connectivity index (χ4v) is 4.73. The second-order valence-electron chi connectivity index (χ2n) is 8.46. The first-order chi connectivity index (χ1) is 16.7. The fraction of sp³-hybridized carbons (Fsp3) is 0.0690. The molecule has 4 aromatic carbocycles. The maximum Gasteiger partial charge on any atom is 0.200 e. The number of imidazole rings is 1. The Morgan fingerprint density at radius 2 is 1.59 bits per heavy atom. The second-order valence-corrected chi connectivity index (χ2v) is 8.87. The monoisotopic (exact) mass is 463 g/mol. The topological polar surface area (TPSA) is 57.0 Å². The van der Waals surface area contributed by atoms with E-state index in [1.165, 1.54) is 11.1 Å². The van der Waals surface area contributed by atoms with Crippen molar-refractivity contribution < 1.29 is 4.42 Å². The second kappa shape index (κ2) is 8.40. The minimum absolute atomic E-state index is 0.491. The van der Waals surface area contributed by atoms with Crippen LogP contribution in [0.2, 0.25) is 5.02 Å². The van der Waals surface area contributed by atoms with Crippen LogP contribution >= 0.6 is 11.6 Å². The first-order valence-electron chi connectivity index (χ1n) is 11.2. The zero-order valence-corrected chi connectivity index (χ0v) is 19.2. The van der Waals surface area contributed by atoms with E-state index in [0.29, 0.717) is 18.9 Å². The Morgan fingerprint density at radius 1 is 0.824 bits per heavy atom. The van der Waals surface area contributed by atoms with Crippen molar-refractivity contribution in [3.05, 3.63) is 119 Å². The van der Waals surface area contributed by atoms with Gasteiger partial charge in [0.25, 0.3) is 0 Å². The lowest BCUT2D eigenvalue weighted by Crippen LogP contribution is -2.03. The fourth-order valence-electron chi connectivity index (χ4n) is 4.53. The summed E-state index contributed by atoms with van der Waals surface area (Å²) in [7, 11) is 0. The van der Waals surface area contributed by atoms with Crippen molar-refractivity contribution in [3.63, 3.8) is 0 Å². The molecule has 6 rings (SSSR count). The van der Waals surface area contributed by atoms with Crippen LogP contribution in [-0.4, -0.2) is 9.55 Å². The van der Waals surface area contributed by atoms with Gasteiger partial charge in [0.2, 0.25) is 5.95 Å². The highest BCUT2D eigenvalue weighted by atomic mass is 35.5. The van der Waals surface area contributed by atoms with Crippen molar-refractivity contribution in [3.8, 4) is 11.1 Å². The molecule has 0 amide bonds. The lowest BCUT2D eigenvalue weighted by molar-refractivity contribution is 0.669. The number of para-hydroxylation sites is 1. The van der Waals surface area contributed by atoms with E-state index in [9.17, 15) is 0 Å². The van der Waals surface area contributed by atoms with Gasteiger partial charge in [0, 0.05) is 28.4 Å². The number of fused-ring (bicyclic) bond motifs is 3. The molecule has 6 aromatic rings. The summed E-state index contributed by atoms with van der Waals surface area (Å²) < 4.78 is 7.99. The number of rotatable bonds is 5. The minimum Gasteiger partial charge on any atom is -0.456 e. The van der Waals surface area contributed by atoms with Gasteiger partial charge in [0.15, 0.2) is 0 Å². The molecular weight excluding hydrogens is 442 g/mol. The average molecular weight is 464 g/mol. The molecule has 166 valence electrons. The van der Waals surface area contributed by atoms with Gasteiger partial charge < -0.3 is 14.7 Å². The molecule has 2 heterocycles. The normalized spacial score (nSPS) is 11.4. The molecule has 0 saturated carbocycles. The van der Waals surface area contributed by atoms with Crippen LogP contribution in [0.15, 0.2) is 102 Å². The van der Waals surface area contributed by atoms with Crippen LogP contribution in [0.25, 0.3) is 33.1 Å². The number of nitrogens with zero attached hydrogens (tertiary/aromatic N) is 2. The number of anilines is 1. The summed E-state index contributed by atoms with van der Waals surface area (Å²) in [6, 6.07) is 30.8. The van der Waals surface area contributed by atoms with Crippen LogP contribution in [0.5, 0.6) is 0 Å². The number of aromatic nitrogens is 2. The molecule has 34 heavy (non-hydrogen) atoms. The van der Waals surface area contributed by atoms with Gasteiger partial charge in [-0.3, -0.25) is 0 Å². The number of nitrogens with two attached hydrogens (primary N) is 1. The van der Waals surface area contributed by atoms with Crippen LogP contribution in [0, 0.1) is 0 Å². The molecule has 2 N–H and O–H groups in total. The number of furan rings is 1. The third kappa shape index (κ3) is 3.72. The number of hydrogen-bond donors (Lipinski definition) is 1. The highest BCUT2D eigenvalue weighted by molar-refractivity contribution is 6.31. The number of halogens is 1. The molecule has 4 nitrogen and oxygen atoms in total. The van der Waals surface area contributed by atoms with E-state index in [4.69, 9.17) is 21.8 Å². The zero-order valence-electron chi connectivity index (χ0n) is 18.4. The maximum atomic E-state index is 6.31. The maximum absolute atomic E-state index is 6.31. The van der Waals surface area contributed by atoms with Gasteiger partial charge >= 0.3 is 0 Å². The minimum atomic E-state index is 0.491. The molecule has 0 unspecified atom stereocenters. The third-order valence-corrected chi connectivity index (χ3v) is 6.58. The highest BCUT2D eigenvalue weighted by Crippen LogP contribution is 2.36. The Hall–Kier alpha value is -4.02. The molecule has 0 aliphatic carbocycles. The zero-order chi connectivity index (χ0) is 23.1. The summed E-state index contributed by atoms with van der Waals surface area (Å²) in [5, 5.41) is 3.02. The first-order valence-corrected chi connectivity index (χ1v) is 11.6. The summed E-state index contributed by atoms with van der Waals surface area (Å²) >= 11 is 6.31. The molecule has 2 aromatic heterocycles. The van der Waals surface area contributed by atoms with Crippen LogP contribution in [0.1, 0.15) is 16.8 Å². The average Bonchev–Trinajstić information content (AvgIpc) is 3.40. The number of benzene rings is 4. The van der Waals surface area contributed by atoms with Crippen molar-refractivity contribution in [2.45, 2.75) is 13.0 Å². The predicted molar refractivity (Wildman–Crippen MR) is 139 cm³/mol. The molecule has 0 aliphatic rings. The van der Waals surface area contributed by atoms with Crippen molar-refractivity contribution in [2.24, 2.45) is 0 Å². The summed E-state index contributed by atoms with van der Waals surface area (Å²) in [5.41, 5.74) is 13.4. The summed E-state index contributed by atoms with van der Waals surface area (Å²) in [5.74, 6) is 0.491. The van der Waals surface area contributed by atoms with Gasteiger partial charge in [-0.15, -0.1) is 0 Å². The van der Waals surface area contributed by atoms with E-state index in [1.807, 2.05) is 65.4 Å². The predicted octanol–water partition coefficient (Wildman–Crippen LogP) is 7.32. The quantitative estimate of drug-likeness (QED) is 0.291. The smallest absolute Gasteiger partial charge is 0.200 e. The Bertz CT molecular complexity index is 1630. The molecule has 0 fully saturated rings. The van der Waals surface area contributed by atoms with E-state index in [0.717, 1.165) is 43.8 Å². The van der Waals surface area contributed by atoms with Gasteiger partial charge in [-0.05, 0) is 40.5 Å². The van der Waals surface area contributed by atoms with Crippen molar-refractivity contribution in [1.29, 1.82) is 0 Å². The van der Waals surface area contributed by atoms with Gasteiger partial charge in [-0.25, -0.2) is 4.98 Å². The summed E-state index contributed by atoms with van der Waals surface area (Å²) in [6.45, 7) is 0.597. The number of nitrogen functional groups attached to an aromatic ring is 1. The Balaban J connectivity index is 1.27. The van der Waals surface area contributed by atoms with Crippen LogP contribution < -0.4 is 5.73 Å². The lowest BCUT2D eigenvalue weighted by Gasteiger charge is -2.06. The standard InChI is InChI=1S/C29H22ClN3O/c30-25-9-3-1-6-21(25)17-33-18-22(32-29(33)31)16-19-12-14-20(15-13-19)23-8-5-11-27-28(23)24-7-2-4-10-26(24)34-27/h1-15,18H,16-17H2,(H2,31,32). The van der Waals surface area contributed by atoms with Gasteiger partial charge in [0.1, 0.15) is 11.2 Å². The van der Waals surface area contributed by atoms with E-state index in [2.05, 4.69) is 41.4 Å². The van der Waals surface area contributed by atoms with E-state index >= 15 is 0 Å². The molecule has 0 spiro atoms. The largest absolute Gasteiger partial charge is 0.456 e. The Morgan fingerprint density at radius 3 is 2.44 bits per heavy atom. The molecule has 0 aliphatic heterocycles. The Labute approximate surface area is 202 Å². The highest BCUT2D eigenvalue weighted by Gasteiger charge is 2.13. The molecule has 0 radical (unpaired) electrons. The molecule has 0 atom stereocenters. The molecule has 0 saturated heterocycles. The van der Waals surface area contributed by atoms with E-state index < -0.39 is 0 Å². The van der Waals surface area contributed by atoms with Crippen molar-refractivity contribution >= 4 is 39.5 Å². The van der Waals surface area contributed by atoms with Crippen LogP contribution in [-0.2, 0) is 13.0 Å². The molecular formula is C29H22ClN3O. The van der Waals surface area contributed by atoms with Gasteiger partial charge in [-0.1, -0.05) is 84.4 Å². The lowest BCUT2D eigenvalue weighted by atomic mass is 9.98. The van der Waals surface area contributed by atoms with Gasteiger partial charge in [0.05, 0.1) is 12.2 Å². The van der Waals surface area contributed by atoms with Crippen molar-refractivity contribution in [2.75, 3.05) is 5.73 Å². The van der Waals surface area contributed by atoms with Gasteiger partial charge in [-0.2, -0.15) is 0 Å². The third-order valence-electron chi connectivity index (χ3n) is 6.21. The summed E-state index contributed by atoms with van der Waals surface area (Å²) in [4.78, 5) is 4.57. The SMILES string of the molecule is Nc1nc(Cc2ccc(-c3cccc4oc5ccccc5c34)cc2)cn1Cc1ccccc1Cl. The summed E-state index contributed by atoms with van der Waals surface area (Å²) in [6.07, 6.45) is 2.71. The van der Waals surface area contributed by atoms with Crippen LogP contribution in [0.3, 0.4) is 0 Å². The van der Waals surface area contributed by atoms with E-state index in [1.54, 1.807) is 0 Å². The number of hydrogen-bond acceptors (Lipinski definition) is 3.